The lowest BCUT2D eigenvalue weighted by molar-refractivity contribution is -0.0399. The molecule has 7 aliphatic rings. The molecule has 59 heavy (non-hydrogen) atoms. The summed E-state index contributed by atoms with van der Waals surface area (Å²) in [6.45, 7) is 9.62. The van der Waals surface area contributed by atoms with Gasteiger partial charge in [0.2, 0.25) is 0 Å². The number of rotatable bonds is 4. The Kier molecular flexibility index (Phi) is 6.82. The summed E-state index contributed by atoms with van der Waals surface area (Å²) in [7, 11) is 0. The minimum Gasteiger partial charge on any atom is -0.310 e. The van der Waals surface area contributed by atoms with Gasteiger partial charge in [0.25, 0.3) is 0 Å². The fraction of sp³-hybridized carbons (Fsp3) is 0.276. The molecular weight excluding hydrogens is 711 g/mol. The monoisotopic (exact) mass is 761 g/mol. The van der Waals surface area contributed by atoms with Crippen molar-refractivity contribution < 1.29 is 0 Å². The normalized spacial score (nSPS) is 24.9. The van der Waals surface area contributed by atoms with Crippen LogP contribution in [0.25, 0.3) is 44.5 Å². The summed E-state index contributed by atoms with van der Waals surface area (Å²) in [6.07, 6.45) is 7.00. The summed E-state index contributed by atoms with van der Waals surface area (Å²) in [5.74, 6) is 3.25. The van der Waals surface area contributed by atoms with Crippen LogP contribution >= 0.6 is 0 Å². The third-order valence-electron chi connectivity index (χ3n) is 16.6. The van der Waals surface area contributed by atoms with Crippen molar-refractivity contribution in [3.05, 3.63) is 185 Å². The zero-order valence-corrected chi connectivity index (χ0v) is 34.7. The smallest absolute Gasteiger partial charge is 0.0468 e. The molecule has 288 valence electrons. The highest BCUT2D eigenvalue weighted by Gasteiger charge is 2.61. The highest BCUT2D eigenvalue weighted by atomic mass is 15.1. The molecule has 0 saturated heterocycles. The van der Waals surface area contributed by atoms with Crippen LogP contribution in [-0.4, -0.2) is 0 Å². The number of fused-ring (bicyclic) bond motifs is 9. The van der Waals surface area contributed by atoms with Gasteiger partial charge in [-0.05, 0) is 176 Å². The van der Waals surface area contributed by atoms with Crippen LogP contribution in [-0.2, 0) is 16.2 Å². The zero-order chi connectivity index (χ0) is 39.4. The van der Waals surface area contributed by atoms with E-state index in [-0.39, 0.29) is 16.2 Å². The third-order valence-corrected chi connectivity index (χ3v) is 16.6. The average Bonchev–Trinajstić information content (AvgIpc) is 3.77. The van der Waals surface area contributed by atoms with Crippen molar-refractivity contribution >= 4 is 17.1 Å². The van der Waals surface area contributed by atoms with Gasteiger partial charge in [0.05, 0.1) is 0 Å². The molecule has 1 spiro atoms. The highest BCUT2D eigenvalue weighted by molar-refractivity contribution is 5.92. The van der Waals surface area contributed by atoms with Crippen molar-refractivity contribution in [3.63, 3.8) is 0 Å². The van der Waals surface area contributed by atoms with Gasteiger partial charge >= 0.3 is 0 Å². The third kappa shape index (κ3) is 4.47. The van der Waals surface area contributed by atoms with E-state index in [9.17, 15) is 0 Å². The fourth-order valence-electron chi connectivity index (χ4n) is 14.2. The van der Waals surface area contributed by atoms with E-state index in [2.05, 4.69) is 184 Å². The molecule has 4 fully saturated rings. The van der Waals surface area contributed by atoms with Gasteiger partial charge in [-0.25, -0.2) is 0 Å². The first-order chi connectivity index (χ1) is 28.7. The second-order valence-electron chi connectivity index (χ2n) is 20.2. The lowest BCUT2D eigenvalue weighted by atomic mass is 9.43. The molecule has 7 aliphatic carbocycles. The SMILES string of the molecule is CC1(C)c2ccccc2-c2ccc(N(c3ccc4c(c3)-c3ccc(-c5ccccc5)cc3C43C4CC5CC(C4)CC3C5)c3ccc4c(c3)C(C)(C)c3ccccc3-4)cc21. The number of anilines is 3. The maximum atomic E-state index is 2.63. The number of hydrogen-bond donors (Lipinski definition) is 0. The van der Waals surface area contributed by atoms with E-state index in [0.29, 0.717) is 11.8 Å². The molecule has 0 unspecified atom stereocenters. The minimum absolute atomic E-state index is 0.0889. The summed E-state index contributed by atoms with van der Waals surface area (Å²) < 4.78 is 0. The standard InChI is InChI=1S/C58H51N/c1-56(2)50-16-10-8-14-44(50)46-23-19-42(33-53(46)56)59(43-20-24-47-45-15-9-11-17-51(45)57(3,4)54(47)34-43)41-21-25-52-49(32-41)48-22-18-38(37-12-6-5-7-13-37)31-55(48)58(52)39-27-35-26-36(29-39)30-40(58)28-35/h5-25,31-36,39-40H,26-30H2,1-4H3. The van der Waals surface area contributed by atoms with Crippen molar-refractivity contribution in [3.8, 4) is 44.5 Å². The molecule has 7 aromatic carbocycles. The lowest BCUT2D eigenvalue weighted by Gasteiger charge is -2.61. The minimum atomic E-state index is -0.0889. The molecular formula is C58H51N. The van der Waals surface area contributed by atoms with Crippen molar-refractivity contribution in [1.82, 2.24) is 0 Å². The molecule has 0 heterocycles. The van der Waals surface area contributed by atoms with E-state index >= 15 is 0 Å². The van der Waals surface area contributed by atoms with E-state index < -0.39 is 0 Å². The summed E-state index contributed by atoms with van der Waals surface area (Å²) in [6, 6.07) is 58.9. The van der Waals surface area contributed by atoms with E-state index in [0.717, 1.165) is 11.8 Å². The zero-order valence-electron chi connectivity index (χ0n) is 34.7. The van der Waals surface area contributed by atoms with Crippen LogP contribution in [0.2, 0.25) is 0 Å². The summed E-state index contributed by atoms with van der Waals surface area (Å²) in [5, 5.41) is 0. The topological polar surface area (TPSA) is 3.24 Å². The van der Waals surface area contributed by atoms with E-state index in [1.165, 1.54) is 116 Å². The van der Waals surface area contributed by atoms with Crippen LogP contribution in [0.5, 0.6) is 0 Å². The Morgan fingerprint density at radius 2 is 0.831 bits per heavy atom. The van der Waals surface area contributed by atoms with Crippen LogP contribution < -0.4 is 4.90 Å². The van der Waals surface area contributed by atoms with Gasteiger partial charge in [0, 0.05) is 33.3 Å². The molecule has 1 heteroatoms. The molecule has 0 aliphatic heterocycles. The summed E-state index contributed by atoms with van der Waals surface area (Å²) in [4.78, 5) is 2.58. The average molecular weight is 762 g/mol. The first-order valence-corrected chi connectivity index (χ1v) is 22.3. The molecule has 4 saturated carbocycles. The number of nitrogens with zero attached hydrogens (tertiary/aromatic N) is 1. The predicted molar refractivity (Wildman–Crippen MR) is 245 cm³/mol. The molecule has 4 bridgehead atoms. The van der Waals surface area contributed by atoms with Gasteiger partial charge in [0.15, 0.2) is 0 Å². The van der Waals surface area contributed by atoms with E-state index in [4.69, 9.17) is 0 Å². The number of benzene rings is 7. The second kappa shape index (κ2) is 11.8. The molecule has 0 N–H and O–H groups in total. The second-order valence-corrected chi connectivity index (χ2v) is 20.2. The maximum absolute atomic E-state index is 2.63. The molecule has 1 nitrogen and oxygen atoms in total. The van der Waals surface area contributed by atoms with Crippen molar-refractivity contribution in [2.45, 2.75) is 76.0 Å². The van der Waals surface area contributed by atoms with Crippen molar-refractivity contribution in [1.29, 1.82) is 0 Å². The van der Waals surface area contributed by atoms with Gasteiger partial charge in [-0.3, -0.25) is 0 Å². The van der Waals surface area contributed by atoms with Gasteiger partial charge in [-0.1, -0.05) is 137 Å². The van der Waals surface area contributed by atoms with Crippen LogP contribution in [0.4, 0.5) is 17.1 Å². The van der Waals surface area contributed by atoms with Gasteiger partial charge in [0.1, 0.15) is 0 Å². The van der Waals surface area contributed by atoms with Crippen LogP contribution in [0.3, 0.4) is 0 Å². The molecule has 0 radical (unpaired) electrons. The lowest BCUT2D eigenvalue weighted by Crippen LogP contribution is -2.55. The highest BCUT2D eigenvalue weighted by Crippen LogP contribution is 2.70. The summed E-state index contributed by atoms with van der Waals surface area (Å²) in [5.41, 5.74) is 23.5. The molecule has 0 amide bonds. The van der Waals surface area contributed by atoms with Gasteiger partial charge < -0.3 is 4.90 Å². The first-order valence-electron chi connectivity index (χ1n) is 22.3. The van der Waals surface area contributed by atoms with Gasteiger partial charge in [-0.2, -0.15) is 0 Å². The van der Waals surface area contributed by atoms with Crippen molar-refractivity contribution in [2.24, 2.45) is 23.7 Å². The molecule has 0 atom stereocenters. The van der Waals surface area contributed by atoms with E-state index in [1.807, 2.05) is 0 Å². The maximum Gasteiger partial charge on any atom is 0.0468 e. The first kappa shape index (κ1) is 34.2. The number of hydrogen-bond acceptors (Lipinski definition) is 1. The molecule has 0 aromatic heterocycles. The Morgan fingerprint density at radius 3 is 1.42 bits per heavy atom. The summed E-state index contributed by atoms with van der Waals surface area (Å²) >= 11 is 0. The Labute approximate surface area is 349 Å². The Bertz CT molecular complexity index is 2770. The molecule has 14 rings (SSSR count). The largest absolute Gasteiger partial charge is 0.310 e. The Morgan fingerprint density at radius 1 is 0.356 bits per heavy atom. The van der Waals surface area contributed by atoms with Crippen molar-refractivity contribution in [2.75, 3.05) is 4.90 Å². The quantitative estimate of drug-likeness (QED) is 0.173. The van der Waals surface area contributed by atoms with Gasteiger partial charge in [-0.15, -0.1) is 0 Å². The Balaban J connectivity index is 1.02. The van der Waals surface area contributed by atoms with Crippen LogP contribution in [0.1, 0.15) is 93.2 Å². The Hall–Kier alpha value is -5.66. The predicted octanol–water partition coefficient (Wildman–Crippen LogP) is 15.2. The fourth-order valence-corrected chi connectivity index (χ4v) is 14.2. The molecule has 7 aromatic rings. The van der Waals surface area contributed by atoms with E-state index in [1.54, 1.807) is 11.1 Å². The van der Waals surface area contributed by atoms with Crippen LogP contribution in [0.15, 0.2) is 152 Å². The van der Waals surface area contributed by atoms with Crippen LogP contribution in [0, 0.1) is 23.7 Å².